The topological polar surface area (TPSA) is 73.8 Å². The summed E-state index contributed by atoms with van der Waals surface area (Å²) in [5.41, 5.74) is 2.11. The van der Waals surface area contributed by atoms with Crippen LogP contribution in [0.4, 0.5) is 0 Å². The van der Waals surface area contributed by atoms with Crippen molar-refractivity contribution in [2.24, 2.45) is 0 Å². The Kier molecular flexibility index (Phi) is 5.83. The summed E-state index contributed by atoms with van der Waals surface area (Å²) in [6, 6.07) is 19.6. The molecule has 144 valence electrons. The van der Waals surface area contributed by atoms with Gasteiger partial charge in [-0.2, -0.15) is 0 Å². The average Bonchev–Trinajstić information content (AvgIpc) is 2.74. The first-order chi connectivity index (χ1) is 13.3. The molecule has 4 rings (SSSR count). The Morgan fingerprint density at radius 2 is 1.74 bits per heavy atom. The van der Waals surface area contributed by atoms with Crippen molar-refractivity contribution in [3.63, 3.8) is 0 Å². The zero-order valence-electron chi connectivity index (χ0n) is 15.3. The summed E-state index contributed by atoms with van der Waals surface area (Å²) in [6.07, 6.45) is -2.57. The summed E-state index contributed by atoms with van der Waals surface area (Å²) in [5, 5.41) is 13.1. The molecule has 6 heteroatoms. The summed E-state index contributed by atoms with van der Waals surface area (Å²) >= 11 is 0. The van der Waals surface area contributed by atoms with Crippen LogP contribution in [0.5, 0.6) is 0 Å². The molecule has 2 aromatic carbocycles. The van der Waals surface area contributed by atoms with E-state index in [4.69, 9.17) is 18.9 Å². The van der Waals surface area contributed by atoms with E-state index < -0.39 is 24.8 Å². The highest BCUT2D eigenvalue weighted by Crippen LogP contribution is 2.33. The Balaban J connectivity index is 1.46. The molecule has 2 fully saturated rings. The molecule has 0 radical (unpaired) electrons. The molecule has 6 nitrogen and oxygen atoms in total. The highest BCUT2D eigenvalue weighted by Gasteiger charge is 2.51. The number of nitrogens with two attached hydrogens (primary N) is 1. The lowest BCUT2D eigenvalue weighted by atomic mass is 9.95. The van der Waals surface area contributed by atoms with Crippen molar-refractivity contribution in [3.05, 3.63) is 71.8 Å². The van der Waals surface area contributed by atoms with Crippen molar-refractivity contribution in [1.82, 2.24) is 0 Å². The van der Waals surface area contributed by atoms with E-state index >= 15 is 0 Å². The number of aliphatic hydroxyl groups is 1. The third-order valence-corrected chi connectivity index (χ3v) is 5.19. The van der Waals surface area contributed by atoms with Crippen LogP contribution in [0.2, 0.25) is 0 Å². The lowest BCUT2D eigenvalue weighted by molar-refractivity contribution is -0.732. The second-order valence-electron chi connectivity index (χ2n) is 6.95. The molecular weight excluding hydrogens is 346 g/mol. The molecule has 2 saturated heterocycles. The maximum Gasteiger partial charge on any atom is 0.213 e. The van der Waals surface area contributed by atoms with E-state index in [1.165, 1.54) is 5.56 Å². The highest BCUT2D eigenvalue weighted by atomic mass is 16.7. The van der Waals surface area contributed by atoms with Gasteiger partial charge in [-0.15, -0.1) is 0 Å². The van der Waals surface area contributed by atoms with Crippen LogP contribution in [0, 0.1) is 0 Å². The maximum atomic E-state index is 11.0. The smallest absolute Gasteiger partial charge is 0.213 e. The van der Waals surface area contributed by atoms with Crippen molar-refractivity contribution in [2.45, 2.75) is 43.5 Å². The SMILES string of the molecule is CO[C@H]1O[C@@H]2CO[C@H](c3ccccc3)O[C@H]2[C@H](O)[C@H]1[NH2+]Cc1ccccc1. The quantitative estimate of drug-likeness (QED) is 0.818. The molecule has 27 heavy (non-hydrogen) atoms. The maximum absolute atomic E-state index is 11.0. The average molecular weight is 372 g/mol. The molecule has 0 unspecified atom stereocenters. The summed E-state index contributed by atoms with van der Waals surface area (Å²) in [7, 11) is 1.60. The molecule has 0 amide bonds. The first-order valence-corrected chi connectivity index (χ1v) is 9.32. The number of hydrogen-bond acceptors (Lipinski definition) is 5. The summed E-state index contributed by atoms with van der Waals surface area (Å²) in [5.74, 6) is 0. The van der Waals surface area contributed by atoms with Crippen molar-refractivity contribution in [3.8, 4) is 0 Å². The lowest BCUT2D eigenvalue weighted by Crippen LogP contribution is -2.96. The van der Waals surface area contributed by atoms with Crippen LogP contribution in [-0.4, -0.2) is 49.5 Å². The van der Waals surface area contributed by atoms with Gasteiger partial charge < -0.3 is 29.4 Å². The Hall–Kier alpha value is -1.80. The Bertz CT molecular complexity index is 707. The number of fused-ring (bicyclic) bond motifs is 1. The molecule has 0 saturated carbocycles. The van der Waals surface area contributed by atoms with Gasteiger partial charge in [0.25, 0.3) is 0 Å². The summed E-state index contributed by atoms with van der Waals surface area (Å²) in [6.45, 7) is 1.08. The van der Waals surface area contributed by atoms with Crippen LogP contribution >= 0.6 is 0 Å². The summed E-state index contributed by atoms with van der Waals surface area (Å²) in [4.78, 5) is 0. The number of ether oxygens (including phenoxy) is 4. The molecule has 3 N–H and O–H groups in total. The Morgan fingerprint density at radius 1 is 1.04 bits per heavy atom. The minimum atomic E-state index is -0.729. The molecule has 2 aromatic rings. The van der Waals surface area contributed by atoms with E-state index in [-0.39, 0.29) is 12.1 Å². The normalized spacial score (nSPS) is 33.4. The number of benzene rings is 2. The standard InChI is InChI=1S/C21H25NO5/c1-24-21-17(22-12-14-8-4-2-5-9-14)18(23)19-16(26-21)13-25-20(27-19)15-10-6-3-7-11-15/h2-11,16-23H,12-13H2,1H3/p+1/t16-,17-,18-,19-,20+,21+/m1/s1. The van der Waals surface area contributed by atoms with Crippen LogP contribution in [0.1, 0.15) is 17.4 Å². The van der Waals surface area contributed by atoms with Crippen molar-refractivity contribution in [2.75, 3.05) is 13.7 Å². The second-order valence-corrected chi connectivity index (χ2v) is 6.95. The van der Waals surface area contributed by atoms with Gasteiger partial charge >= 0.3 is 0 Å². The fourth-order valence-corrected chi connectivity index (χ4v) is 3.74. The van der Waals surface area contributed by atoms with Crippen LogP contribution in [0.25, 0.3) is 0 Å². The Labute approximate surface area is 159 Å². The molecule has 2 heterocycles. The molecule has 2 aliphatic rings. The van der Waals surface area contributed by atoms with E-state index in [9.17, 15) is 5.11 Å². The molecule has 0 aliphatic carbocycles. The first-order valence-electron chi connectivity index (χ1n) is 9.32. The van der Waals surface area contributed by atoms with Gasteiger partial charge in [0.15, 0.2) is 12.3 Å². The van der Waals surface area contributed by atoms with E-state index in [1.54, 1.807) is 7.11 Å². The molecule has 0 spiro atoms. The predicted molar refractivity (Wildman–Crippen MR) is 97.5 cm³/mol. The van der Waals surface area contributed by atoms with Gasteiger partial charge in [0.05, 0.1) is 6.61 Å². The minimum absolute atomic E-state index is 0.286. The number of rotatable bonds is 5. The van der Waals surface area contributed by atoms with Gasteiger partial charge in [-0.3, -0.25) is 0 Å². The van der Waals surface area contributed by atoms with Gasteiger partial charge in [-0.1, -0.05) is 60.7 Å². The van der Waals surface area contributed by atoms with Gasteiger partial charge in [0.2, 0.25) is 6.29 Å². The first kappa shape index (κ1) is 18.6. The number of aliphatic hydroxyl groups excluding tert-OH is 1. The fraction of sp³-hybridized carbons (Fsp3) is 0.429. The van der Waals surface area contributed by atoms with Crippen molar-refractivity contribution < 1.29 is 29.4 Å². The number of hydrogen-bond donors (Lipinski definition) is 2. The fourth-order valence-electron chi connectivity index (χ4n) is 3.74. The monoisotopic (exact) mass is 372 g/mol. The van der Waals surface area contributed by atoms with Crippen LogP contribution in [-0.2, 0) is 25.5 Å². The molecular formula is C21H26NO5+. The molecule has 0 bridgehead atoms. The molecule has 0 aromatic heterocycles. The van der Waals surface area contributed by atoms with E-state index in [0.717, 1.165) is 12.1 Å². The largest absolute Gasteiger partial charge is 0.384 e. The minimum Gasteiger partial charge on any atom is -0.384 e. The van der Waals surface area contributed by atoms with E-state index in [0.29, 0.717) is 6.61 Å². The van der Waals surface area contributed by atoms with Crippen LogP contribution in [0.3, 0.4) is 0 Å². The lowest BCUT2D eigenvalue weighted by Gasteiger charge is -2.46. The predicted octanol–water partition coefficient (Wildman–Crippen LogP) is 0.965. The third-order valence-electron chi connectivity index (χ3n) is 5.19. The second kappa shape index (κ2) is 8.48. The van der Waals surface area contributed by atoms with Gasteiger partial charge in [0, 0.05) is 18.2 Å². The van der Waals surface area contributed by atoms with E-state index in [2.05, 4.69) is 17.4 Å². The number of quaternary nitrogens is 1. The molecule has 2 aliphatic heterocycles. The van der Waals surface area contributed by atoms with Crippen LogP contribution in [0.15, 0.2) is 60.7 Å². The van der Waals surface area contributed by atoms with Crippen LogP contribution < -0.4 is 5.32 Å². The molecule has 6 atom stereocenters. The highest BCUT2D eigenvalue weighted by molar-refractivity contribution is 5.17. The zero-order chi connectivity index (χ0) is 18.6. The summed E-state index contributed by atoms with van der Waals surface area (Å²) < 4.78 is 23.4. The zero-order valence-corrected chi connectivity index (χ0v) is 15.3. The van der Waals surface area contributed by atoms with E-state index in [1.807, 2.05) is 48.5 Å². The van der Waals surface area contributed by atoms with Gasteiger partial charge in [0.1, 0.15) is 24.9 Å². The van der Waals surface area contributed by atoms with Gasteiger partial charge in [-0.05, 0) is 0 Å². The third kappa shape index (κ3) is 4.06. The van der Waals surface area contributed by atoms with Crippen molar-refractivity contribution >= 4 is 0 Å². The Morgan fingerprint density at radius 3 is 2.44 bits per heavy atom. The van der Waals surface area contributed by atoms with Crippen molar-refractivity contribution in [1.29, 1.82) is 0 Å². The number of methoxy groups -OCH3 is 1. The van der Waals surface area contributed by atoms with Gasteiger partial charge in [-0.25, -0.2) is 0 Å².